The van der Waals surface area contributed by atoms with Crippen LogP contribution in [0.4, 0.5) is 13.2 Å². The second-order valence-electron chi connectivity index (χ2n) is 2.69. The van der Waals surface area contributed by atoms with Gasteiger partial charge < -0.3 is 0 Å². The van der Waals surface area contributed by atoms with Gasteiger partial charge in [0.15, 0.2) is 0 Å². The molecule has 0 amide bonds. The van der Waals surface area contributed by atoms with Crippen LogP contribution in [0.3, 0.4) is 0 Å². The minimum absolute atomic E-state index is 0.344. The number of nitriles is 1. The third-order valence-electron chi connectivity index (χ3n) is 1.49. The van der Waals surface area contributed by atoms with E-state index in [1.165, 1.54) is 24.3 Å². The molecular weight excluding hydrogens is 372 g/mol. The van der Waals surface area contributed by atoms with Crippen LogP contribution in [0.15, 0.2) is 26.8 Å². The van der Waals surface area contributed by atoms with Gasteiger partial charge in [0.25, 0.3) is 0 Å². The molecule has 0 radical (unpaired) electrons. The lowest BCUT2D eigenvalue weighted by atomic mass is 10.2. The average Bonchev–Trinajstić information content (AvgIpc) is 2.25. The molecule has 0 N–H and O–H groups in total. The molecule has 0 aliphatic rings. The maximum atomic E-state index is 11.9. The van der Waals surface area contributed by atoms with E-state index >= 15 is 0 Å². The first-order valence-corrected chi connectivity index (χ1v) is 7.42. The monoisotopic (exact) mass is 376 g/mol. The normalized spacial score (nSPS) is 13.1. The van der Waals surface area contributed by atoms with Crippen molar-refractivity contribution >= 4 is 31.1 Å². The topological polar surface area (TPSA) is 70.3 Å². The highest BCUT2D eigenvalue weighted by atomic mass is 127. The molecule has 92 valence electrons. The Morgan fingerprint density at radius 2 is 1.76 bits per heavy atom. The predicted octanol–water partition coefficient (Wildman–Crippen LogP) is 2.73. The number of hydrogen-bond acceptors (Lipinski definition) is 3. The van der Waals surface area contributed by atoms with Crippen molar-refractivity contribution in [1.29, 1.82) is 5.26 Å². The Kier molecular flexibility index (Phi) is 4.21. The summed E-state index contributed by atoms with van der Waals surface area (Å²) in [7, 11) is -5.40. The third-order valence-corrected chi connectivity index (χ3v) is 5.75. The van der Waals surface area contributed by atoms with Crippen LogP contribution in [0.5, 0.6) is 0 Å². The number of alkyl halides is 3. The molecule has 1 rings (SSSR count). The molecule has 0 bridgehead atoms. The van der Waals surface area contributed by atoms with Gasteiger partial charge in [-0.2, -0.15) is 26.9 Å². The number of rotatable bonds is 2. The van der Waals surface area contributed by atoms with Gasteiger partial charge in [0.2, 0.25) is 0 Å². The summed E-state index contributed by atoms with van der Waals surface area (Å²) >= 11 is -1.64. The summed E-state index contributed by atoms with van der Waals surface area (Å²) in [5, 5.41) is 8.49. The highest BCUT2D eigenvalue weighted by molar-refractivity contribution is 14.2. The van der Waals surface area contributed by atoms with E-state index in [1.807, 2.05) is 6.07 Å². The molecule has 17 heavy (non-hydrogen) atoms. The fourth-order valence-corrected chi connectivity index (χ4v) is 3.77. The largest absolute Gasteiger partial charge is 0.518 e. The summed E-state index contributed by atoms with van der Waals surface area (Å²) in [5.41, 5.74) is -5.00. The SMILES string of the molecule is N#Cc1ccc(I=NS(=O)(=O)C(F)(F)F)cc1. The summed E-state index contributed by atoms with van der Waals surface area (Å²) in [6, 6.07) is 7.40. The van der Waals surface area contributed by atoms with Crippen molar-refractivity contribution in [3.05, 3.63) is 33.4 Å². The zero-order valence-electron chi connectivity index (χ0n) is 7.94. The van der Waals surface area contributed by atoms with Gasteiger partial charge in [0, 0.05) is 24.6 Å². The minimum atomic E-state index is -5.40. The van der Waals surface area contributed by atoms with E-state index in [4.69, 9.17) is 5.26 Å². The van der Waals surface area contributed by atoms with E-state index in [9.17, 15) is 21.6 Å². The van der Waals surface area contributed by atoms with E-state index in [0.717, 1.165) is 0 Å². The first-order chi connectivity index (χ1) is 7.76. The van der Waals surface area contributed by atoms with Crippen molar-refractivity contribution < 1.29 is 21.6 Å². The minimum Gasteiger partial charge on any atom is -0.195 e. The predicted molar refractivity (Wildman–Crippen MR) is 61.3 cm³/mol. The highest BCUT2D eigenvalue weighted by Gasteiger charge is 2.45. The van der Waals surface area contributed by atoms with Crippen molar-refractivity contribution in [1.82, 2.24) is 0 Å². The van der Waals surface area contributed by atoms with Gasteiger partial charge in [-0.3, -0.25) is 0 Å². The zero-order valence-corrected chi connectivity index (χ0v) is 10.9. The van der Waals surface area contributed by atoms with Gasteiger partial charge >= 0.3 is 15.5 Å². The van der Waals surface area contributed by atoms with Crippen molar-refractivity contribution in [2.75, 3.05) is 0 Å². The van der Waals surface area contributed by atoms with Crippen molar-refractivity contribution in [2.24, 2.45) is 2.55 Å². The molecule has 0 aromatic heterocycles. The molecule has 0 saturated heterocycles. The van der Waals surface area contributed by atoms with Gasteiger partial charge in [-0.25, -0.2) is 0 Å². The fraction of sp³-hybridized carbons (Fsp3) is 0.125. The van der Waals surface area contributed by atoms with E-state index in [0.29, 0.717) is 9.13 Å². The molecular formula is C8H4F3IN2O2S. The highest BCUT2D eigenvalue weighted by Crippen LogP contribution is 2.28. The van der Waals surface area contributed by atoms with E-state index < -0.39 is 36.6 Å². The Labute approximate surface area is 105 Å². The lowest BCUT2D eigenvalue weighted by Crippen LogP contribution is -2.19. The molecule has 4 nitrogen and oxygen atoms in total. The quantitative estimate of drug-likeness (QED) is 0.746. The Hall–Kier alpha value is -1.02. The Balaban J connectivity index is 2.96. The van der Waals surface area contributed by atoms with Crippen LogP contribution in [-0.2, 0) is 10.0 Å². The van der Waals surface area contributed by atoms with Gasteiger partial charge in [-0.1, -0.05) is 0 Å². The molecule has 0 unspecified atom stereocenters. The number of nitrogens with zero attached hydrogens (tertiary/aromatic N) is 2. The fourth-order valence-electron chi connectivity index (χ4n) is 0.705. The maximum Gasteiger partial charge on any atom is 0.518 e. The summed E-state index contributed by atoms with van der Waals surface area (Å²) in [6.45, 7) is 0. The van der Waals surface area contributed by atoms with Gasteiger partial charge in [0.05, 0.1) is 11.6 Å². The first-order valence-electron chi connectivity index (χ1n) is 3.94. The summed E-state index contributed by atoms with van der Waals surface area (Å²) < 4.78 is 60.2. The number of halogens is 4. The van der Waals surface area contributed by atoms with Crippen LogP contribution in [-0.4, -0.2) is 13.9 Å². The van der Waals surface area contributed by atoms with Gasteiger partial charge in [-0.05, 0) is 24.3 Å². The molecule has 0 fully saturated rings. The van der Waals surface area contributed by atoms with E-state index in [2.05, 4.69) is 2.55 Å². The summed E-state index contributed by atoms with van der Waals surface area (Å²) in [6.07, 6.45) is 0. The van der Waals surface area contributed by atoms with Crippen LogP contribution in [0.2, 0.25) is 0 Å². The van der Waals surface area contributed by atoms with Crippen LogP contribution < -0.4 is 0 Å². The molecule has 0 aliphatic carbocycles. The second-order valence-corrected chi connectivity index (χ2v) is 7.15. The molecule has 9 heteroatoms. The van der Waals surface area contributed by atoms with Crippen molar-refractivity contribution in [3.63, 3.8) is 0 Å². The second kappa shape index (κ2) is 5.09. The number of sulfonamides is 1. The van der Waals surface area contributed by atoms with Crippen LogP contribution in [0.1, 0.15) is 5.56 Å². The Bertz CT molecular complexity index is 572. The third kappa shape index (κ3) is 3.74. The molecule has 0 spiro atoms. The molecule has 0 heterocycles. The standard InChI is InChI=1S/C8H4F3IN2O2S/c9-8(10,11)17(15,16)14-12-7-3-1-6(5-13)2-4-7/h1-4H. The summed E-state index contributed by atoms with van der Waals surface area (Å²) in [4.78, 5) is 0. The number of hydrogen-bond donors (Lipinski definition) is 0. The van der Waals surface area contributed by atoms with Crippen LogP contribution >= 0.6 is 21.0 Å². The maximum absolute atomic E-state index is 11.9. The molecule has 0 aliphatic heterocycles. The van der Waals surface area contributed by atoms with E-state index in [1.54, 1.807) is 0 Å². The molecule has 0 saturated carbocycles. The van der Waals surface area contributed by atoms with Crippen LogP contribution in [0, 0.1) is 14.9 Å². The van der Waals surface area contributed by atoms with Gasteiger partial charge in [0.1, 0.15) is 0 Å². The van der Waals surface area contributed by atoms with Gasteiger partial charge in [-0.15, -0.1) is 2.55 Å². The van der Waals surface area contributed by atoms with E-state index in [-0.39, 0.29) is 0 Å². The smallest absolute Gasteiger partial charge is 0.195 e. The lowest BCUT2D eigenvalue weighted by Gasteiger charge is -2.00. The Morgan fingerprint density at radius 3 is 2.18 bits per heavy atom. The summed E-state index contributed by atoms with van der Waals surface area (Å²) in [5.74, 6) is 0. The molecule has 0 atom stereocenters. The van der Waals surface area contributed by atoms with Crippen molar-refractivity contribution in [2.45, 2.75) is 5.51 Å². The van der Waals surface area contributed by atoms with Crippen molar-refractivity contribution in [3.8, 4) is 6.07 Å². The molecule has 1 aromatic rings. The number of benzene rings is 1. The first kappa shape index (κ1) is 14.0. The Morgan fingerprint density at radius 1 is 1.24 bits per heavy atom. The lowest BCUT2D eigenvalue weighted by molar-refractivity contribution is -0.0433. The molecule has 1 aromatic carbocycles. The zero-order chi connectivity index (χ0) is 13.1. The average molecular weight is 376 g/mol. The van der Waals surface area contributed by atoms with Crippen LogP contribution in [0.25, 0.3) is 0 Å².